The van der Waals surface area contributed by atoms with Gasteiger partial charge in [-0.3, -0.25) is 4.79 Å². The number of hydrogen-bond donors (Lipinski definition) is 0. The van der Waals surface area contributed by atoms with Crippen molar-refractivity contribution in [1.29, 1.82) is 0 Å². The Bertz CT molecular complexity index is 389. The molecule has 16 heavy (non-hydrogen) atoms. The number of carbonyl (C=O) groups is 1. The van der Waals surface area contributed by atoms with E-state index in [1.54, 1.807) is 11.3 Å². The van der Waals surface area contributed by atoms with Crippen molar-refractivity contribution in [1.82, 2.24) is 0 Å². The lowest BCUT2D eigenvalue weighted by molar-refractivity contribution is 0.0879. The lowest BCUT2D eigenvalue weighted by Gasteiger charge is -2.24. The lowest BCUT2D eigenvalue weighted by Crippen LogP contribution is -2.20. The van der Waals surface area contributed by atoms with E-state index in [1.807, 2.05) is 6.07 Å². The molecule has 3 heteroatoms. The van der Waals surface area contributed by atoms with Gasteiger partial charge in [0.25, 0.3) is 0 Å². The number of rotatable bonds is 2. The predicted octanol–water partition coefficient (Wildman–Crippen LogP) is 4.83. The summed E-state index contributed by atoms with van der Waals surface area (Å²) in [5, 5.41) is 0. The standard InChI is InChI=1S/C13H17BrOS/c1-8-3-5-10(6-4-8)12(15)13-11(14)7-9(2)16-13/h7-8,10H,3-6H2,1-2H3. The molecule has 1 aromatic rings. The maximum absolute atomic E-state index is 12.3. The Morgan fingerprint density at radius 3 is 2.50 bits per heavy atom. The van der Waals surface area contributed by atoms with Crippen molar-refractivity contribution in [3.63, 3.8) is 0 Å². The number of carbonyl (C=O) groups excluding carboxylic acids is 1. The molecule has 0 spiro atoms. The maximum Gasteiger partial charge on any atom is 0.177 e. The lowest BCUT2D eigenvalue weighted by atomic mass is 9.80. The van der Waals surface area contributed by atoms with Crippen LogP contribution in [-0.4, -0.2) is 5.78 Å². The molecule has 0 radical (unpaired) electrons. The molecule has 0 atom stereocenters. The van der Waals surface area contributed by atoms with Gasteiger partial charge in [0, 0.05) is 15.3 Å². The smallest absolute Gasteiger partial charge is 0.177 e. The van der Waals surface area contributed by atoms with Crippen LogP contribution in [0.15, 0.2) is 10.5 Å². The van der Waals surface area contributed by atoms with Crippen LogP contribution in [0.4, 0.5) is 0 Å². The molecule has 1 heterocycles. The summed E-state index contributed by atoms with van der Waals surface area (Å²) in [6.07, 6.45) is 4.56. The molecule has 1 aliphatic rings. The van der Waals surface area contributed by atoms with Crippen molar-refractivity contribution in [2.24, 2.45) is 11.8 Å². The summed E-state index contributed by atoms with van der Waals surface area (Å²) in [5.41, 5.74) is 0. The maximum atomic E-state index is 12.3. The predicted molar refractivity (Wildman–Crippen MR) is 72.2 cm³/mol. The van der Waals surface area contributed by atoms with E-state index in [1.165, 1.54) is 17.7 Å². The van der Waals surface area contributed by atoms with Crippen molar-refractivity contribution >= 4 is 33.0 Å². The van der Waals surface area contributed by atoms with Crippen molar-refractivity contribution in [3.05, 3.63) is 20.3 Å². The second-order valence-electron chi connectivity index (χ2n) is 4.86. The minimum Gasteiger partial charge on any atom is -0.293 e. The van der Waals surface area contributed by atoms with Crippen molar-refractivity contribution in [3.8, 4) is 0 Å². The van der Waals surface area contributed by atoms with E-state index in [9.17, 15) is 4.79 Å². The Balaban J connectivity index is 2.10. The Kier molecular flexibility index (Phi) is 3.85. The van der Waals surface area contributed by atoms with Crippen LogP contribution in [0.1, 0.15) is 47.2 Å². The first-order chi connectivity index (χ1) is 7.58. The topological polar surface area (TPSA) is 17.1 Å². The third-order valence-corrected chi connectivity index (χ3v) is 5.37. The molecule has 1 fully saturated rings. The molecule has 0 aliphatic heterocycles. The highest BCUT2D eigenvalue weighted by molar-refractivity contribution is 9.10. The van der Waals surface area contributed by atoms with Gasteiger partial charge in [-0.25, -0.2) is 0 Å². The summed E-state index contributed by atoms with van der Waals surface area (Å²) in [4.78, 5) is 14.5. The summed E-state index contributed by atoms with van der Waals surface area (Å²) < 4.78 is 0.985. The third kappa shape index (κ3) is 2.57. The number of halogens is 1. The molecule has 0 amide bonds. The third-order valence-electron chi connectivity index (χ3n) is 3.42. The SMILES string of the molecule is Cc1cc(Br)c(C(=O)C2CCC(C)CC2)s1. The molecule has 0 N–H and O–H groups in total. The van der Waals surface area contributed by atoms with Crippen LogP contribution in [-0.2, 0) is 0 Å². The van der Waals surface area contributed by atoms with E-state index >= 15 is 0 Å². The van der Waals surface area contributed by atoms with Crippen LogP contribution >= 0.6 is 27.3 Å². The minimum atomic E-state index is 0.269. The number of aryl methyl sites for hydroxylation is 1. The van der Waals surface area contributed by atoms with Crippen molar-refractivity contribution < 1.29 is 4.79 Å². The quantitative estimate of drug-likeness (QED) is 0.715. The van der Waals surface area contributed by atoms with Crippen LogP contribution < -0.4 is 0 Å². The summed E-state index contributed by atoms with van der Waals surface area (Å²) >= 11 is 5.11. The zero-order valence-corrected chi connectivity index (χ0v) is 12.2. The Hall–Kier alpha value is -0.150. The molecule has 1 saturated carbocycles. The van der Waals surface area contributed by atoms with Gasteiger partial charge in [0.2, 0.25) is 0 Å². The van der Waals surface area contributed by atoms with Crippen molar-refractivity contribution in [2.75, 3.05) is 0 Å². The highest BCUT2D eigenvalue weighted by Gasteiger charge is 2.27. The second-order valence-corrected chi connectivity index (χ2v) is 6.97. The van der Waals surface area contributed by atoms with Gasteiger partial charge in [-0.05, 0) is 47.7 Å². The van der Waals surface area contributed by atoms with E-state index < -0.39 is 0 Å². The average molecular weight is 301 g/mol. The monoisotopic (exact) mass is 300 g/mol. The first-order valence-electron chi connectivity index (χ1n) is 5.88. The fourth-order valence-electron chi connectivity index (χ4n) is 2.36. The van der Waals surface area contributed by atoms with Gasteiger partial charge in [-0.2, -0.15) is 0 Å². The molecule has 0 saturated heterocycles. The van der Waals surface area contributed by atoms with Crippen LogP contribution in [0.3, 0.4) is 0 Å². The summed E-state index contributed by atoms with van der Waals surface area (Å²) in [7, 11) is 0. The molecule has 88 valence electrons. The molecule has 0 bridgehead atoms. The van der Waals surface area contributed by atoms with Crippen LogP contribution in [0.2, 0.25) is 0 Å². The van der Waals surface area contributed by atoms with Crippen LogP contribution in [0.5, 0.6) is 0 Å². The van der Waals surface area contributed by atoms with Crippen LogP contribution in [0.25, 0.3) is 0 Å². The second kappa shape index (κ2) is 5.01. The molecule has 2 rings (SSSR count). The molecule has 1 nitrogen and oxygen atoms in total. The zero-order valence-electron chi connectivity index (χ0n) is 9.75. The van der Waals surface area contributed by atoms with Gasteiger partial charge in [0.15, 0.2) is 5.78 Å². The summed E-state index contributed by atoms with van der Waals surface area (Å²) in [5.74, 6) is 1.43. The summed E-state index contributed by atoms with van der Waals surface area (Å²) in [6, 6.07) is 2.04. The fraction of sp³-hybridized carbons (Fsp3) is 0.615. The normalized spacial score (nSPS) is 25.7. The van der Waals surface area contributed by atoms with Gasteiger partial charge >= 0.3 is 0 Å². The van der Waals surface area contributed by atoms with E-state index in [0.29, 0.717) is 5.78 Å². The molecule has 1 aliphatic carbocycles. The molecule has 0 unspecified atom stereocenters. The van der Waals surface area contributed by atoms with Gasteiger partial charge in [0.05, 0.1) is 4.88 Å². The highest BCUT2D eigenvalue weighted by Crippen LogP contribution is 2.35. The highest BCUT2D eigenvalue weighted by atomic mass is 79.9. The van der Waals surface area contributed by atoms with Gasteiger partial charge in [-0.1, -0.05) is 19.8 Å². The number of thiophene rings is 1. The first-order valence-corrected chi connectivity index (χ1v) is 7.49. The van der Waals surface area contributed by atoms with E-state index in [-0.39, 0.29) is 5.92 Å². The Morgan fingerprint density at radius 2 is 2.00 bits per heavy atom. The molecule has 1 aromatic heterocycles. The van der Waals surface area contributed by atoms with E-state index in [2.05, 4.69) is 29.8 Å². The van der Waals surface area contributed by atoms with Gasteiger partial charge < -0.3 is 0 Å². The van der Waals surface area contributed by atoms with Gasteiger partial charge in [-0.15, -0.1) is 11.3 Å². The molecule has 0 aromatic carbocycles. The molecular formula is C13H17BrOS. The zero-order chi connectivity index (χ0) is 11.7. The number of ketones is 1. The van der Waals surface area contributed by atoms with Crippen LogP contribution in [0, 0.1) is 18.8 Å². The fourth-order valence-corrected chi connectivity index (χ4v) is 4.21. The Labute approximate surface area is 109 Å². The molecular weight excluding hydrogens is 284 g/mol. The average Bonchev–Trinajstić information content (AvgIpc) is 2.58. The summed E-state index contributed by atoms with van der Waals surface area (Å²) in [6.45, 7) is 4.33. The number of hydrogen-bond acceptors (Lipinski definition) is 2. The van der Waals surface area contributed by atoms with Gasteiger partial charge in [0.1, 0.15) is 0 Å². The Morgan fingerprint density at radius 1 is 1.38 bits per heavy atom. The van der Waals surface area contributed by atoms with E-state index in [4.69, 9.17) is 0 Å². The first kappa shape index (κ1) is 12.3. The van der Waals surface area contributed by atoms with Crippen molar-refractivity contribution in [2.45, 2.75) is 39.5 Å². The largest absolute Gasteiger partial charge is 0.293 e. The van der Waals surface area contributed by atoms with E-state index in [0.717, 1.165) is 28.1 Å². The number of Topliss-reactive ketones (excluding diaryl/α,β-unsaturated/α-hetero) is 1. The minimum absolute atomic E-state index is 0.269.